The van der Waals surface area contributed by atoms with Crippen molar-refractivity contribution in [3.8, 4) is 11.5 Å². The van der Waals surface area contributed by atoms with Gasteiger partial charge in [0.15, 0.2) is 23.0 Å². The third-order valence-electron chi connectivity index (χ3n) is 4.62. The Hall–Kier alpha value is -2.54. The van der Waals surface area contributed by atoms with Gasteiger partial charge in [-0.2, -0.15) is 0 Å². The standard InChI is InChI=1S/C20H28N2O5/c1-12(2)18(24)16-17(13-7-8-15(27-5)14(23)11-13)22(20(26)19(16)25)10-6-9-21(3)4/h7-8,11-12,17,23,25H,6,9-10H2,1-5H3. The third-order valence-corrected chi connectivity index (χ3v) is 4.62. The number of amides is 1. The molecule has 2 N–H and O–H groups in total. The highest BCUT2D eigenvalue weighted by atomic mass is 16.5. The zero-order valence-electron chi connectivity index (χ0n) is 16.5. The molecule has 1 unspecified atom stereocenters. The number of phenols is 1. The summed E-state index contributed by atoms with van der Waals surface area (Å²) < 4.78 is 5.07. The number of aliphatic hydroxyl groups is 1. The van der Waals surface area contributed by atoms with Gasteiger partial charge in [-0.05, 0) is 44.8 Å². The van der Waals surface area contributed by atoms with Gasteiger partial charge in [0.25, 0.3) is 5.91 Å². The highest BCUT2D eigenvalue weighted by Crippen LogP contribution is 2.41. The van der Waals surface area contributed by atoms with Gasteiger partial charge in [-0.15, -0.1) is 0 Å². The SMILES string of the molecule is COc1ccc(C2C(C(=O)C(C)C)=C(O)C(=O)N2CCCN(C)C)cc1O. The van der Waals surface area contributed by atoms with Crippen LogP contribution in [-0.4, -0.2) is 66.0 Å². The van der Waals surface area contributed by atoms with Crippen LogP contribution in [0.2, 0.25) is 0 Å². The molecule has 1 heterocycles. The van der Waals surface area contributed by atoms with Gasteiger partial charge in [-0.1, -0.05) is 19.9 Å². The molecule has 1 aromatic rings. The van der Waals surface area contributed by atoms with Crippen LogP contribution in [0.15, 0.2) is 29.5 Å². The summed E-state index contributed by atoms with van der Waals surface area (Å²) >= 11 is 0. The lowest BCUT2D eigenvalue weighted by atomic mass is 9.91. The molecule has 7 heteroatoms. The first-order chi connectivity index (χ1) is 12.7. The summed E-state index contributed by atoms with van der Waals surface area (Å²) in [6.07, 6.45) is 0.688. The molecular formula is C20H28N2O5. The fourth-order valence-electron chi connectivity index (χ4n) is 3.23. The van der Waals surface area contributed by atoms with Crippen molar-refractivity contribution in [3.63, 3.8) is 0 Å². The number of carbonyl (C=O) groups is 2. The van der Waals surface area contributed by atoms with Gasteiger partial charge < -0.3 is 24.7 Å². The van der Waals surface area contributed by atoms with Crippen LogP contribution in [0.25, 0.3) is 0 Å². The molecule has 1 aromatic carbocycles. The number of nitrogens with zero attached hydrogens (tertiary/aromatic N) is 2. The van der Waals surface area contributed by atoms with E-state index < -0.39 is 17.7 Å². The number of ether oxygens (including phenoxy) is 1. The molecule has 1 amide bonds. The highest BCUT2D eigenvalue weighted by Gasteiger charge is 2.43. The molecule has 0 saturated heterocycles. The van der Waals surface area contributed by atoms with Crippen molar-refractivity contribution in [3.05, 3.63) is 35.1 Å². The molecule has 1 atom stereocenters. The predicted molar refractivity (Wildman–Crippen MR) is 102 cm³/mol. The number of ketones is 1. The smallest absolute Gasteiger partial charge is 0.290 e. The normalized spacial score (nSPS) is 17.4. The number of aliphatic hydroxyl groups excluding tert-OH is 1. The highest BCUT2D eigenvalue weighted by molar-refractivity contribution is 6.09. The van der Waals surface area contributed by atoms with Crippen LogP contribution >= 0.6 is 0 Å². The lowest BCUT2D eigenvalue weighted by Gasteiger charge is -2.28. The van der Waals surface area contributed by atoms with E-state index in [0.29, 0.717) is 24.3 Å². The minimum atomic E-state index is -0.730. The Balaban J connectivity index is 2.47. The van der Waals surface area contributed by atoms with Crippen molar-refractivity contribution in [2.45, 2.75) is 26.3 Å². The average molecular weight is 376 g/mol. The second kappa shape index (κ2) is 8.43. The Morgan fingerprint density at radius 1 is 1.30 bits per heavy atom. The summed E-state index contributed by atoms with van der Waals surface area (Å²) in [6.45, 7) is 4.60. The summed E-state index contributed by atoms with van der Waals surface area (Å²) in [5.41, 5.74) is 0.643. The molecule has 2 rings (SSSR count). The maximum absolute atomic E-state index is 12.7. The average Bonchev–Trinajstić information content (AvgIpc) is 2.85. The number of benzene rings is 1. The second-order valence-electron chi connectivity index (χ2n) is 7.27. The van der Waals surface area contributed by atoms with E-state index in [1.54, 1.807) is 26.0 Å². The summed E-state index contributed by atoms with van der Waals surface area (Å²) in [5.74, 6) is -1.50. The van der Waals surface area contributed by atoms with E-state index in [-0.39, 0.29) is 23.0 Å². The lowest BCUT2D eigenvalue weighted by Crippen LogP contribution is -2.33. The third kappa shape index (κ3) is 4.24. The molecular weight excluding hydrogens is 348 g/mol. The Labute approximate surface area is 159 Å². The predicted octanol–water partition coefficient (Wildman–Crippen LogP) is 2.27. The van der Waals surface area contributed by atoms with Crippen molar-refractivity contribution < 1.29 is 24.5 Å². The molecule has 7 nitrogen and oxygen atoms in total. The van der Waals surface area contributed by atoms with Gasteiger partial charge in [-0.3, -0.25) is 9.59 Å². The van der Waals surface area contributed by atoms with Crippen LogP contribution in [0.1, 0.15) is 31.9 Å². The number of rotatable bonds is 8. The largest absolute Gasteiger partial charge is 0.504 e. The van der Waals surface area contributed by atoms with Crippen molar-refractivity contribution in [2.24, 2.45) is 5.92 Å². The first kappa shape index (κ1) is 20.8. The molecule has 1 aliphatic heterocycles. The molecule has 0 bridgehead atoms. The van der Waals surface area contributed by atoms with Gasteiger partial charge in [0.1, 0.15) is 0 Å². The van der Waals surface area contributed by atoms with Crippen molar-refractivity contribution in [1.29, 1.82) is 0 Å². The Morgan fingerprint density at radius 3 is 2.48 bits per heavy atom. The van der Waals surface area contributed by atoms with E-state index in [4.69, 9.17) is 4.74 Å². The molecule has 1 aliphatic rings. The summed E-state index contributed by atoms with van der Waals surface area (Å²) in [4.78, 5) is 28.9. The summed E-state index contributed by atoms with van der Waals surface area (Å²) in [6, 6.07) is 4.02. The van der Waals surface area contributed by atoms with Crippen molar-refractivity contribution in [1.82, 2.24) is 9.80 Å². The van der Waals surface area contributed by atoms with Gasteiger partial charge in [0.2, 0.25) is 0 Å². The number of hydrogen-bond donors (Lipinski definition) is 2. The van der Waals surface area contributed by atoms with E-state index >= 15 is 0 Å². The molecule has 0 spiro atoms. The fourth-order valence-corrected chi connectivity index (χ4v) is 3.23. The molecule has 0 fully saturated rings. The fraction of sp³-hybridized carbons (Fsp3) is 0.500. The number of Topliss-reactive ketones (excluding diaryl/α,β-unsaturated/α-hetero) is 1. The topological polar surface area (TPSA) is 90.3 Å². The van der Waals surface area contributed by atoms with Crippen LogP contribution < -0.4 is 4.74 Å². The Morgan fingerprint density at radius 2 is 1.96 bits per heavy atom. The van der Waals surface area contributed by atoms with Crippen LogP contribution in [0.5, 0.6) is 11.5 Å². The van der Waals surface area contributed by atoms with Gasteiger partial charge in [0.05, 0.1) is 18.7 Å². The second-order valence-corrected chi connectivity index (χ2v) is 7.27. The van der Waals surface area contributed by atoms with Crippen LogP contribution in [0.3, 0.4) is 0 Å². The van der Waals surface area contributed by atoms with Crippen LogP contribution in [-0.2, 0) is 9.59 Å². The lowest BCUT2D eigenvalue weighted by molar-refractivity contribution is -0.129. The van der Waals surface area contributed by atoms with Crippen molar-refractivity contribution >= 4 is 11.7 Å². The molecule has 27 heavy (non-hydrogen) atoms. The van der Waals surface area contributed by atoms with Gasteiger partial charge in [-0.25, -0.2) is 0 Å². The maximum Gasteiger partial charge on any atom is 0.290 e. The number of hydrogen-bond acceptors (Lipinski definition) is 6. The summed E-state index contributed by atoms with van der Waals surface area (Å²) in [7, 11) is 5.32. The maximum atomic E-state index is 12.7. The zero-order chi connectivity index (χ0) is 20.3. The minimum Gasteiger partial charge on any atom is -0.504 e. The number of aromatic hydroxyl groups is 1. The monoisotopic (exact) mass is 376 g/mol. The number of phenolic OH excluding ortho intramolecular Hbond substituents is 1. The minimum absolute atomic E-state index is 0.0848. The molecule has 148 valence electrons. The van der Waals surface area contributed by atoms with Gasteiger partial charge >= 0.3 is 0 Å². The molecule has 0 aliphatic carbocycles. The van der Waals surface area contributed by atoms with E-state index in [9.17, 15) is 19.8 Å². The zero-order valence-corrected chi connectivity index (χ0v) is 16.5. The van der Waals surface area contributed by atoms with Crippen molar-refractivity contribution in [2.75, 3.05) is 34.3 Å². The van der Waals surface area contributed by atoms with Crippen LogP contribution in [0.4, 0.5) is 0 Å². The molecule has 0 aromatic heterocycles. The van der Waals surface area contributed by atoms with Crippen LogP contribution in [0, 0.1) is 5.92 Å². The Bertz CT molecular complexity index is 755. The van der Waals surface area contributed by atoms with E-state index in [1.165, 1.54) is 18.1 Å². The quantitative estimate of drug-likeness (QED) is 0.723. The number of carbonyl (C=O) groups excluding carboxylic acids is 2. The first-order valence-corrected chi connectivity index (χ1v) is 8.99. The first-order valence-electron chi connectivity index (χ1n) is 8.99. The van der Waals surface area contributed by atoms with E-state index in [1.807, 2.05) is 19.0 Å². The number of methoxy groups -OCH3 is 1. The molecule has 0 saturated carbocycles. The van der Waals surface area contributed by atoms with E-state index in [2.05, 4.69) is 0 Å². The Kier molecular flexibility index (Phi) is 6.49. The summed E-state index contributed by atoms with van der Waals surface area (Å²) in [5, 5.41) is 20.6. The molecule has 0 radical (unpaired) electrons. The van der Waals surface area contributed by atoms with E-state index in [0.717, 1.165) is 6.54 Å². The van der Waals surface area contributed by atoms with Gasteiger partial charge in [0, 0.05) is 12.5 Å².